The molecule has 0 aliphatic carbocycles. The van der Waals surface area contributed by atoms with E-state index in [1.165, 1.54) is 6.07 Å². The Morgan fingerprint density at radius 1 is 1.25 bits per heavy atom. The number of carbonyl (C=O) groups excluding carboxylic acids is 1. The van der Waals surface area contributed by atoms with Gasteiger partial charge in [0.1, 0.15) is 5.69 Å². The van der Waals surface area contributed by atoms with Crippen molar-refractivity contribution in [3.63, 3.8) is 0 Å². The number of amides is 1. The average molecular weight is 280 g/mol. The lowest BCUT2D eigenvalue weighted by Crippen LogP contribution is -2.13. The van der Waals surface area contributed by atoms with Crippen LogP contribution in [0.5, 0.6) is 0 Å². The number of nitrogens with one attached hydrogen (secondary N) is 1. The van der Waals surface area contributed by atoms with Crippen molar-refractivity contribution in [2.24, 2.45) is 0 Å². The van der Waals surface area contributed by atoms with Crippen molar-refractivity contribution in [1.82, 2.24) is 0 Å². The fourth-order valence-electron chi connectivity index (χ4n) is 1.66. The molecule has 0 heterocycles. The van der Waals surface area contributed by atoms with Crippen molar-refractivity contribution < 1.29 is 19.6 Å². The molecule has 20 heavy (non-hydrogen) atoms. The lowest BCUT2D eigenvalue weighted by Gasteiger charge is -2.08. The summed E-state index contributed by atoms with van der Waals surface area (Å²) in [5.74, 6) is -1.41. The van der Waals surface area contributed by atoms with Gasteiger partial charge in [-0.05, 0) is 37.5 Å². The molecule has 0 aliphatic heterocycles. The SMILES string of the molecule is Cc1cc(NC(=O)CCCC(=O)O)c([N+](=O)[O-])cc1C. The number of nitro benzene ring substituents is 1. The Morgan fingerprint density at radius 3 is 2.40 bits per heavy atom. The molecule has 0 atom stereocenters. The minimum absolute atomic E-state index is 0.0103. The van der Waals surface area contributed by atoms with Gasteiger partial charge in [0.25, 0.3) is 5.69 Å². The van der Waals surface area contributed by atoms with Crippen LogP contribution in [0.2, 0.25) is 0 Å². The van der Waals surface area contributed by atoms with Gasteiger partial charge in [-0.1, -0.05) is 0 Å². The van der Waals surface area contributed by atoms with Crippen molar-refractivity contribution in [3.05, 3.63) is 33.4 Å². The first-order valence-corrected chi connectivity index (χ1v) is 6.08. The molecule has 0 saturated carbocycles. The maximum Gasteiger partial charge on any atom is 0.303 e. The largest absolute Gasteiger partial charge is 0.481 e. The summed E-state index contributed by atoms with van der Waals surface area (Å²) in [4.78, 5) is 32.4. The molecule has 0 fully saturated rings. The van der Waals surface area contributed by atoms with Gasteiger partial charge >= 0.3 is 5.97 Å². The zero-order valence-corrected chi connectivity index (χ0v) is 11.3. The van der Waals surface area contributed by atoms with E-state index in [1.54, 1.807) is 19.9 Å². The maximum atomic E-state index is 11.6. The molecule has 7 heteroatoms. The highest BCUT2D eigenvalue weighted by molar-refractivity contribution is 5.93. The molecule has 0 aromatic heterocycles. The van der Waals surface area contributed by atoms with Crippen LogP contribution >= 0.6 is 0 Å². The second kappa shape index (κ2) is 6.65. The summed E-state index contributed by atoms with van der Waals surface area (Å²) < 4.78 is 0. The number of nitro groups is 1. The molecule has 1 aromatic rings. The number of hydrogen-bond acceptors (Lipinski definition) is 4. The van der Waals surface area contributed by atoms with Crippen LogP contribution in [0.15, 0.2) is 12.1 Å². The number of rotatable bonds is 6. The third-order valence-electron chi connectivity index (χ3n) is 2.88. The Kier molecular flexibility index (Phi) is 5.19. The molecule has 108 valence electrons. The van der Waals surface area contributed by atoms with Gasteiger partial charge in [0.15, 0.2) is 0 Å². The number of benzene rings is 1. The Labute approximate surface area is 115 Å². The standard InChI is InChI=1S/C13H16N2O5/c1-8-6-10(11(15(19)20)7-9(8)2)14-12(16)4-3-5-13(17)18/h6-7H,3-5H2,1-2H3,(H,14,16)(H,17,18). The monoisotopic (exact) mass is 280 g/mol. The summed E-state index contributed by atoms with van der Waals surface area (Å²) in [6, 6.07) is 2.95. The lowest BCUT2D eigenvalue weighted by atomic mass is 10.1. The van der Waals surface area contributed by atoms with E-state index in [-0.39, 0.29) is 30.6 Å². The third-order valence-corrected chi connectivity index (χ3v) is 2.88. The molecule has 0 saturated heterocycles. The van der Waals surface area contributed by atoms with Gasteiger partial charge in [-0.3, -0.25) is 19.7 Å². The van der Waals surface area contributed by atoms with E-state index in [9.17, 15) is 19.7 Å². The highest BCUT2D eigenvalue weighted by atomic mass is 16.6. The van der Waals surface area contributed by atoms with E-state index >= 15 is 0 Å². The van der Waals surface area contributed by atoms with Crippen LogP contribution in [0.3, 0.4) is 0 Å². The Hall–Kier alpha value is -2.44. The first kappa shape index (κ1) is 15.6. The fraction of sp³-hybridized carbons (Fsp3) is 0.385. The predicted octanol–water partition coefficient (Wildman–Crippen LogP) is 2.41. The molecule has 0 radical (unpaired) electrons. The van der Waals surface area contributed by atoms with Gasteiger partial charge in [0.05, 0.1) is 4.92 Å². The van der Waals surface area contributed by atoms with Crippen molar-refractivity contribution in [1.29, 1.82) is 0 Å². The lowest BCUT2D eigenvalue weighted by molar-refractivity contribution is -0.384. The topological polar surface area (TPSA) is 110 Å². The Balaban J connectivity index is 2.80. The van der Waals surface area contributed by atoms with E-state index in [0.29, 0.717) is 0 Å². The van der Waals surface area contributed by atoms with Gasteiger partial charge in [0, 0.05) is 18.9 Å². The van der Waals surface area contributed by atoms with Crippen molar-refractivity contribution in [3.8, 4) is 0 Å². The Bertz CT molecular complexity index is 554. The van der Waals surface area contributed by atoms with Crippen LogP contribution in [0.25, 0.3) is 0 Å². The summed E-state index contributed by atoms with van der Waals surface area (Å²) >= 11 is 0. The predicted molar refractivity (Wildman–Crippen MR) is 72.7 cm³/mol. The zero-order valence-electron chi connectivity index (χ0n) is 11.3. The van der Waals surface area contributed by atoms with Crippen molar-refractivity contribution >= 4 is 23.3 Å². The highest BCUT2D eigenvalue weighted by Gasteiger charge is 2.17. The molecule has 1 rings (SSSR count). The minimum Gasteiger partial charge on any atom is -0.481 e. The van der Waals surface area contributed by atoms with Crippen molar-refractivity contribution in [2.75, 3.05) is 5.32 Å². The molecular weight excluding hydrogens is 264 g/mol. The normalized spacial score (nSPS) is 10.1. The summed E-state index contributed by atoms with van der Waals surface area (Å²) in [6.07, 6.45) is 0.0959. The molecular formula is C13H16N2O5. The minimum atomic E-state index is -0.977. The number of carboxylic acids is 1. The quantitative estimate of drug-likeness (QED) is 0.614. The molecule has 7 nitrogen and oxygen atoms in total. The van der Waals surface area contributed by atoms with Gasteiger partial charge in [-0.15, -0.1) is 0 Å². The molecule has 0 bridgehead atoms. The molecule has 1 aromatic carbocycles. The molecule has 1 amide bonds. The van der Waals surface area contributed by atoms with Crippen LogP contribution < -0.4 is 5.32 Å². The zero-order chi connectivity index (χ0) is 15.3. The van der Waals surface area contributed by atoms with E-state index in [1.807, 2.05) is 0 Å². The first-order chi connectivity index (χ1) is 9.31. The number of hydrogen-bond donors (Lipinski definition) is 2. The van der Waals surface area contributed by atoms with Gasteiger partial charge < -0.3 is 10.4 Å². The van der Waals surface area contributed by atoms with Crippen LogP contribution in [0, 0.1) is 24.0 Å². The van der Waals surface area contributed by atoms with Crippen LogP contribution in [0.4, 0.5) is 11.4 Å². The molecule has 0 aliphatic rings. The second-order valence-electron chi connectivity index (χ2n) is 4.51. The number of aryl methyl sites for hydroxylation is 2. The first-order valence-electron chi connectivity index (χ1n) is 6.08. The molecule has 0 spiro atoms. The summed E-state index contributed by atoms with van der Waals surface area (Å²) in [5.41, 5.74) is 1.56. The third kappa shape index (κ3) is 4.34. The number of aliphatic carboxylic acids is 1. The van der Waals surface area contributed by atoms with E-state index in [4.69, 9.17) is 5.11 Å². The van der Waals surface area contributed by atoms with Gasteiger partial charge in [-0.2, -0.15) is 0 Å². The second-order valence-corrected chi connectivity index (χ2v) is 4.51. The number of carbonyl (C=O) groups is 2. The van der Waals surface area contributed by atoms with Gasteiger partial charge in [0.2, 0.25) is 5.91 Å². The Morgan fingerprint density at radius 2 is 1.85 bits per heavy atom. The molecule has 0 unspecified atom stereocenters. The fourth-order valence-corrected chi connectivity index (χ4v) is 1.66. The number of nitrogens with zero attached hydrogens (tertiary/aromatic N) is 1. The van der Waals surface area contributed by atoms with Gasteiger partial charge in [-0.25, -0.2) is 0 Å². The van der Waals surface area contributed by atoms with Crippen molar-refractivity contribution in [2.45, 2.75) is 33.1 Å². The summed E-state index contributed by atoms with van der Waals surface area (Å²) in [7, 11) is 0. The van der Waals surface area contributed by atoms with Crippen LogP contribution in [0.1, 0.15) is 30.4 Å². The summed E-state index contributed by atoms with van der Waals surface area (Å²) in [6.45, 7) is 3.54. The average Bonchev–Trinajstić information content (AvgIpc) is 2.32. The number of carboxylic acid groups (broad SMARTS) is 1. The summed E-state index contributed by atoms with van der Waals surface area (Å²) in [5, 5.41) is 21.9. The molecule has 2 N–H and O–H groups in total. The van der Waals surface area contributed by atoms with Crippen LogP contribution in [-0.4, -0.2) is 21.9 Å². The highest BCUT2D eigenvalue weighted by Crippen LogP contribution is 2.28. The smallest absolute Gasteiger partial charge is 0.303 e. The van der Waals surface area contributed by atoms with E-state index in [2.05, 4.69) is 5.32 Å². The number of anilines is 1. The van der Waals surface area contributed by atoms with Crippen LogP contribution in [-0.2, 0) is 9.59 Å². The maximum absolute atomic E-state index is 11.6. The van der Waals surface area contributed by atoms with E-state index in [0.717, 1.165) is 11.1 Å². The van der Waals surface area contributed by atoms with E-state index < -0.39 is 16.8 Å².